The van der Waals surface area contributed by atoms with Crippen LogP contribution in [0.3, 0.4) is 0 Å². The van der Waals surface area contributed by atoms with Gasteiger partial charge >= 0.3 is 0 Å². The van der Waals surface area contributed by atoms with Crippen molar-refractivity contribution >= 4 is 23.1 Å². The third-order valence-corrected chi connectivity index (χ3v) is 4.02. The maximum Gasteiger partial charge on any atom is 0.275 e. The third-order valence-electron chi connectivity index (χ3n) is 4.02. The minimum absolute atomic E-state index is 0.242. The van der Waals surface area contributed by atoms with Gasteiger partial charge in [-0.2, -0.15) is 0 Å². The Balaban J connectivity index is 1.36. The lowest BCUT2D eigenvalue weighted by Gasteiger charge is -2.09. The van der Waals surface area contributed by atoms with Crippen LogP contribution in [-0.2, 0) is 0 Å². The van der Waals surface area contributed by atoms with Crippen molar-refractivity contribution < 1.29 is 9.53 Å². The normalized spacial score (nSPS) is 10.2. The van der Waals surface area contributed by atoms with E-state index in [1.54, 1.807) is 0 Å². The van der Waals surface area contributed by atoms with Crippen LogP contribution in [0.25, 0.3) is 0 Å². The van der Waals surface area contributed by atoms with Crippen LogP contribution in [0.1, 0.15) is 10.5 Å². The summed E-state index contributed by atoms with van der Waals surface area (Å²) in [5, 5.41) is 5.93. The van der Waals surface area contributed by atoms with E-state index in [2.05, 4.69) is 20.6 Å². The Morgan fingerprint density at radius 1 is 0.690 bits per heavy atom. The Bertz CT molecular complexity index is 1070. The van der Waals surface area contributed by atoms with E-state index in [4.69, 9.17) is 4.74 Å². The first-order valence-corrected chi connectivity index (χ1v) is 9.05. The van der Waals surface area contributed by atoms with Crippen molar-refractivity contribution in [2.24, 2.45) is 0 Å². The smallest absolute Gasteiger partial charge is 0.275 e. The summed E-state index contributed by atoms with van der Waals surface area (Å²) in [4.78, 5) is 20.7. The van der Waals surface area contributed by atoms with Gasteiger partial charge in [-0.1, -0.05) is 36.4 Å². The van der Waals surface area contributed by atoms with Gasteiger partial charge in [0.05, 0.1) is 12.4 Å². The topological polar surface area (TPSA) is 76.1 Å². The van der Waals surface area contributed by atoms with Crippen LogP contribution >= 0.6 is 0 Å². The molecule has 4 aromatic rings. The number of amides is 1. The van der Waals surface area contributed by atoms with Gasteiger partial charge in [0.1, 0.15) is 23.0 Å². The fourth-order valence-electron chi connectivity index (χ4n) is 2.61. The van der Waals surface area contributed by atoms with Gasteiger partial charge in [-0.25, -0.2) is 9.97 Å². The van der Waals surface area contributed by atoms with Crippen molar-refractivity contribution in [2.45, 2.75) is 0 Å². The van der Waals surface area contributed by atoms with Gasteiger partial charge in [-0.15, -0.1) is 0 Å². The summed E-state index contributed by atoms with van der Waals surface area (Å²) in [5.41, 5.74) is 1.78. The number of nitrogens with one attached hydrogen (secondary N) is 2. The highest BCUT2D eigenvalue weighted by Gasteiger charge is 2.08. The van der Waals surface area contributed by atoms with Crippen molar-refractivity contribution in [3.05, 3.63) is 103 Å². The van der Waals surface area contributed by atoms with Crippen molar-refractivity contribution in [1.82, 2.24) is 9.97 Å². The van der Waals surface area contributed by atoms with Gasteiger partial charge in [-0.3, -0.25) is 4.79 Å². The van der Waals surface area contributed by atoms with E-state index in [1.807, 2.05) is 84.9 Å². The van der Waals surface area contributed by atoms with Crippen molar-refractivity contribution in [3.63, 3.8) is 0 Å². The average Bonchev–Trinajstić information content (AvgIpc) is 2.77. The second kappa shape index (κ2) is 8.67. The molecule has 0 atom stereocenters. The van der Waals surface area contributed by atoms with Crippen LogP contribution in [0.2, 0.25) is 0 Å². The Morgan fingerprint density at radius 3 is 2.00 bits per heavy atom. The molecule has 3 aromatic carbocycles. The monoisotopic (exact) mass is 382 g/mol. The summed E-state index contributed by atoms with van der Waals surface area (Å²) in [6.45, 7) is 0. The zero-order valence-electron chi connectivity index (χ0n) is 15.4. The fourth-order valence-corrected chi connectivity index (χ4v) is 2.61. The molecule has 0 aliphatic heterocycles. The highest BCUT2D eigenvalue weighted by atomic mass is 16.5. The number of para-hydroxylation sites is 2. The lowest BCUT2D eigenvalue weighted by molar-refractivity contribution is 0.102. The Hall–Kier alpha value is -4.19. The lowest BCUT2D eigenvalue weighted by atomic mass is 10.3. The second-order valence-electron chi connectivity index (χ2n) is 6.17. The number of hydrogen-bond acceptors (Lipinski definition) is 5. The number of hydrogen-bond donors (Lipinski definition) is 2. The quantitative estimate of drug-likeness (QED) is 0.475. The Kier molecular flexibility index (Phi) is 5.43. The number of aromatic nitrogens is 2. The second-order valence-corrected chi connectivity index (χ2v) is 6.17. The molecule has 0 bridgehead atoms. The van der Waals surface area contributed by atoms with Crippen molar-refractivity contribution in [3.8, 4) is 11.5 Å². The molecule has 0 aliphatic rings. The number of rotatable bonds is 6. The molecular formula is C23H18N4O2. The molecule has 29 heavy (non-hydrogen) atoms. The summed E-state index contributed by atoms with van der Waals surface area (Å²) < 4.78 is 5.77. The highest BCUT2D eigenvalue weighted by Crippen LogP contribution is 2.23. The highest BCUT2D eigenvalue weighted by molar-refractivity contribution is 6.02. The van der Waals surface area contributed by atoms with Crippen LogP contribution in [0, 0.1) is 0 Å². The first kappa shape index (κ1) is 18.2. The maximum absolute atomic E-state index is 12.2. The largest absolute Gasteiger partial charge is 0.457 e. The summed E-state index contributed by atoms with van der Waals surface area (Å²) in [5.74, 6) is 1.75. The number of benzene rings is 3. The standard InChI is InChI=1S/C23H18N4O2/c28-23(27-17-7-3-1-4-8-17)21-15-25-22(16-24-21)26-18-11-13-20(14-12-18)29-19-9-5-2-6-10-19/h1-16H,(H,25,26)(H,27,28). The first-order chi connectivity index (χ1) is 14.3. The van der Waals surface area contributed by atoms with Gasteiger partial charge < -0.3 is 15.4 Å². The molecule has 0 fully saturated rings. The Labute approximate surface area is 168 Å². The molecule has 6 nitrogen and oxygen atoms in total. The maximum atomic E-state index is 12.2. The predicted molar refractivity (Wildman–Crippen MR) is 113 cm³/mol. The molecule has 4 rings (SSSR count). The molecular weight excluding hydrogens is 364 g/mol. The molecule has 0 aliphatic carbocycles. The van der Waals surface area contributed by atoms with Crippen LogP contribution in [0.5, 0.6) is 11.5 Å². The Morgan fingerprint density at radius 2 is 1.34 bits per heavy atom. The van der Waals surface area contributed by atoms with E-state index in [0.717, 1.165) is 17.2 Å². The molecule has 0 saturated heterocycles. The fraction of sp³-hybridized carbons (Fsp3) is 0. The molecule has 142 valence electrons. The van der Waals surface area contributed by atoms with Crippen molar-refractivity contribution in [2.75, 3.05) is 10.6 Å². The number of anilines is 3. The van der Waals surface area contributed by atoms with Crippen LogP contribution in [-0.4, -0.2) is 15.9 Å². The number of nitrogens with zero attached hydrogens (tertiary/aromatic N) is 2. The first-order valence-electron chi connectivity index (χ1n) is 9.05. The zero-order chi connectivity index (χ0) is 19.9. The molecule has 6 heteroatoms. The molecule has 1 aromatic heterocycles. The van der Waals surface area contributed by atoms with Crippen LogP contribution < -0.4 is 15.4 Å². The van der Waals surface area contributed by atoms with E-state index < -0.39 is 0 Å². The molecule has 2 N–H and O–H groups in total. The summed E-state index contributed by atoms with van der Waals surface area (Å²) in [6, 6.07) is 26.3. The van der Waals surface area contributed by atoms with Gasteiger partial charge in [-0.05, 0) is 48.5 Å². The lowest BCUT2D eigenvalue weighted by Crippen LogP contribution is -2.14. The third kappa shape index (κ3) is 4.95. The molecule has 0 spiro atoms. The molecule has 1 amide bonds. The minimum atomic E-state index is -0.308. The van der Waals surface area contributed by atoms with Gasteiger partial charge in [0.2, 0.25) is 0 Å². The average molecular weight is 382 g/mol. The number of ether oxygens (including phenoxy) is 1. The van der Waals surface area contributed by atoms with Gasteiger partial charge in [0, 0.05) is 11.4 Å². The SMILES string of the molecule is O=C(Nc1ccccc1)c1cnc(Nc2ccc(Oc3ccccc3)cc2)cn1. The van der Waals surface area contributed by atoms with E-state index in [-0.39, 0.29) is 11.6 Å². The predicted octanol–water partition coefficient (Wildman–Crippen LogP) is 5.26. The van der Waals surface area contributed by atoms with Crippen LogP contribution in [0.15, 0.2) is 97.3 Å². The van der Waals surface area contributed by atoms with Crippen molar-refractivity contribution in [1.29, 1.82) is 0 Å². The molecule has 0 unspecified atom stereocenters. The van der Waals surface area contributed by atoms with E-state index >= 15 is 0 Å². The zero-order valence-corrected chi connectivity index (χ0v) is 15.4. The summed E-state index contributed by atoms with van der Waals surface area (Å²) >= 11 is 0. The van der Waals surface area contributed by atoms with Gasteiger partial charge in [0.25, 0.3) is 5.91 Å². The summed E-state index contributed by atoms with van der Waals surface area (Å²) in [6.07, 6.45) is 2.96. The van der Waals surface area contributed by atoms with Gasteiger partial charge in [0.15, 0.2) is 0 Å². The molecule has 1 heterocycles. The van der Waals surface area contributed by atoms with E-state index in [9.17, 15) is 4.79 Å². The van der Waals surface area contributed by atoms with E-state index in [1.165, 1.54) is 12.4 Å². The molecule has 0 saturated carbocycles. The number of carbonyl (C=O) groups excluding carboxylic acids is 1. The summed E-state index contributed by atoms with van der Waals surface area (Å²) in [7, 11) is 0. The van der Waals surface area contributed by atoms with Crippen LogP contribution in [0.4, 0.5) is 17.2 Å². The molecule has 0 radical (unpaired) electrons. The van der Waals surface area contributed by atoms with E-state index in [0.29, 0.717) is 11.5 Å². The minimum Gasteiger partial charge on any atom is -0.457 e. The number of carbonyl (C=O) groups is 1.